The third-order valence-electron chi connectivity index (χ3n) is 4.85. The monoisotopic (exact) mass is 282 g/mol. The van der Waals surface area contributed by atoms with Gasteiger partial charge in [0, 0.05) is 31.0 Å². The number of rotatable bonds is 5. The summed E-state index contributed by atoms with van der Waals surface area (Å²) in [6.07, 6.45) is 4.36. The molecule has 3 N–H and O–H groups in total. The molecule has 3 unspecified atom stereocenters. The van der Waals surface area contributed by atoms with Crippen LogP contribution in [0.2, 0.25) is 0 Å². The summed E-state index contributed by atoms with van der Waals surface area (Å²) in [5.41, 5.74) is 6.00. The van der Waals surface area contributed by atoms with Crippen molar-refractivity contribution in [3.8, 4) is 0 Å². The summed E-state index contributed by atoms with van der Waals surface area (Å²) in [4.78, 5) is 25.3. The van der Waals surface area contributed by atoms with Gasteiger partial charge in [0.15, 0.2) is 0 Å². The van der Waals surface area contributed by atoms with E-state index in [1.807, 2.05) is 18.7 Å². The van der Waals surface area contributed by atoms with Gasteiger partial charge in [-0.15, -0.1) is 0 Å². The molecule has 2 aliphatic heterocycles. The van der Waals surface area contributed by atoms with Crippen LogP contribution < -0.4 is 5.73 Å². The van der Waals surface area contributed by atoms with Crippen LogP contribution in [0.4, 0.5) is 0 Å². The number of fused-ring (bicyclic) bond motifs is 2. The van der Waals surface area contributed by atoms with Crippen molar-refractivity contribution in [1.29, 1.82) is 0 Å². The highest BCUT2D eigenvalue weighted by atomic mass is 16.4. The molecule has 2 saturated heterocycles. The summed E-state index contributed by atoms with van der Waals surface area (Å²) in [6.45, 7) is 4.07. The van der Waals surface area contributed by atoms with Gasteiger partial charge in [-0.25, -0.2) is 0 Å². The Labute approximate surface area is 120 Å². The highest BCUT2D eigenvalue weighted by molar-refractivity contribution is 5.78. The molecule has 114 valence electrons. The Hall–Kier alpha value is -1.10. The van der Waals surface area contributed by atoms with Gasteiger partial charge in [-0.1, -0.05) is 13.8 Å². The molecule has 2 bridgehead atoms. The fraction of sp³-hybridized carbons (Fsp3) is 0.867. The topological polar surface area (TPSA) is 83.6 Å². The van der Waals surface area contributed by atoms with Crippen LogP contribution in [0.3, 0.4) is 0 Å². The van der Waals surface area contributed by atoms with Gasteiger partial charge in [-0.3, -0.25) is 9.59 Å². The maximum atomic E-state index is 12.4. The molecule has 0 aromatic heterocycles. The standard InChI is InChI=1S/C15H26N2O3/c1-9(2)13(16)8-14(18)17-11-3-4-12(17)6-10(5-11)7-15(19)20/h9-13H,3-8,16H2,1-2H3,(H,19,20). The molecule has 0 aromatic carbocycles. The molecule has 20 heavy (non-hydrogen) atoms. The van der Waals surface area contributed by atoms with Crippen LogP contribution in [0.15, 0.2) is 0 Å². The third kappa shape index (κ3) is 3.32. The molecule has 0 aliphatic carbocycles. The van der Waals surface area contributed by atoms with E-state index >= 15 is 0 Å². The SMILES string of the molecule is CC(C)C(N)CC(=O)N1C2CCC1CC(CC(=O)O)C2. The van der Waals surface area contributed by atoms with E-state index in [2.05, 4.69) is 0 Å². The summed E-state index contributed by atoms with van der Waals surface area (Å²) in [7, 11) is 0. The minimum absolute atomic E-state index is 0.0846. The van der Waals surface area contributed by atoms with Crippen LogP contribution in [0.25, 0.3) is 0 Å². The lowest BCUT2D eigenvalue weighted by Crippen LogP contribution is -2.48. The van der Waals surface area contributed by atoms with Crippen molar-refractivity contribution in [3.63, 3.8) is 0 Å². The van der Waals surface area contributed by atoms with Crippen molar-refractivity contribution in [2.45, 2.75) is 70.5 Å². The van der Waals surface area contributed by atoms with Gasteiger partial charge in [0.05, 0.1) is 0 Å². The zero-order valence-corrected chi connectivity index (χ0v) is 12.4. The van der Waals surface area contributed by atoms with Crippen LogP contribution in [-0.4, -0.2) is 40.0 Å². The number of nitrogens with zero attached hydrogens (tertiary/aromatic N) is 1. The minimum atomic E-state index is -0.726. The Bertz CT molecular complexity index is 369. The third-order valence-corrected chi connectivity index (χ3v) is 4.85. The Morgan fingerprint density at radius 1 is 1.25 bits per heavy atom. The minimum Gasteiger partial charge on any atom is -0.481 e. The van der Waals surface area contributed by atoms with Gasteiger partial charge in [0.2, 0.25) is 5.91 Å². The summed E-state index contributed by atoms with van der Waals surface area (Å²) in [6, 6.07) is 0.397. The van der Waals surface area contributed by atoms with Crippen molar-refractivity contribution in [1.82, 2.24) is 4.90 Å². The highest BCUT2D eigenvalue weighted by Crippen LogP contribution is 2.40. The normalized spacial score (nSPS) is 30.6. The molecule has 3 atom stereocenters. The van der Waals surface area contributed by atoms with Crippen molar-refractivity contribution in [2.24, 2.45) is 17.6 Å². The number of hydrogen-bond acceptors (Lipinski definition) is 3. The molecule has 0 spiro atoms. The van der Waals surface area contributed by atoms with E-state index in [1.54, 1.807) is 0 Å². The average Bonchev–Trinajstić information content (AvgIpc) is 2.60. The summed E-state index contributed by atoms with van der Waals surface area (Å²) >= 11 is 0. The fourth-order valence-electron chi connectivity index (χ4n) is 3.65. The van der Waals surface area contributed by atoms with Gasteiger partial charge < -0.3 is 15.7 Å². The van der Waals surface area contributed by atoms with E-state index in [0.29, 0.717) is 12.3 Å². The predicted molar refractivity (Wildman–Crippen MR) is 76.1 cm³/mol. The smallest absolute Gasteiger partial charge is 0.303 e. The Morgan fingerprint density at radius 3 is 2.25 bits per heavy atom. The maximum absolute atomic E-state index is 12.4. The van der Waals surface area contributed by atoms with Crippen molar-refractivity contribution < 1.29 is 14.7 Å². The zero-order valence-electron chi connectivity index (χ0n) is 12.4. The van der Waals surface area contributed by atoms with E-state index in [9.17, 15) is 9.59 Å². The molecule has 5 nitrogen and oxygen atoms in total. The molecule has 0 saturated carbocycles. The highest BCUT2D eigenvalue weighted by Gasteiger charge is 2.43. The number of piperidine rings is 1. The Kier molecular flexibility index (Phi) is 4.68. The van der Waals surface area contributed by atoms with Gasteiger partial charge in [-0.2, -0.15) is 0 Å². The number of carboxylic acids is 1. The van der Waals surface area contributed by atoms with Gasteiger partial charge >= 0.3 is 5.97 Å². The first-order chi connectivity index (χ1) is 9.38. The first-order valence-electron chi connectivity index (χ1n) is 7.67. The number of carbonyl (C=O) groups is 2. The van der Waals surface area contributed by atoms with Crippen LogP contribution >= 0.6 is 0 Å². The molecular formula is C15H26N2O3. The quantitative estimate of drug-likeness (QED) is 0.802. The largest absolute Gasteiger partial charge is 0.481 e. The second-order valence-electron chi connectivity index (χ2n) is 6.73. The van der Waals surface area contributed by atoms with Crippen molar-refractivity contribution >= 4 is 11.9 Å². The van der Waals surface area contributed by atoms with Crippen LogP contribution in [0.5, 0.6) is 0 Å². The molecule has 2 heterocycles. The van der Waals surface area contributed by atoms with Gasteiger partial charge in [-0.05, 0) is 37.5 Å². The maximum Gasteiger partial charge on any atom is 0.303 e. The summed E-state index contributed by atoms with van der Waals surface area (Å²) in [5, 5.41) is 8.92. The van der Waals surface area contributed by atoms with Crippen molar-refractivity contribution in [2.75, 3.05) is 0 Å². The second kappa shape index (κ2) is 6.12. The van der Waals surface area contributed by atoms with E-state index in [0.717, 1.165) is 25.7 Å². The molecule has 1 amide bonds. The molecule has 2 fully saturated rings. The number of nitrogens with two attached hydrogens (primary N) is 1. The molecule has 2 aliphatic rings. The molecular weight excluding hydrogens is 256 g/mol. The number of carboxylic acid groups (broad SMARTS) is 1. The lowest BCUT2D eigenvalue weighted by Gasteiger charge is -2.39. The van der Waals surface area contributed by atoms with Crippen LogP contribution in [0, 0.1) is 11.8 Å². The number of amides is 1. The van der Waals surface area contributed by atoms with Crippen LogP contribution in [-0.2, 0) is 9.59 Å². The lowest BCUT2D eigenvalue weighted by atomic mass is 9.87. The van der Waals surface area contributed by atoms with E-state index in [-0.39, 0.29) is 36.4 Å². The van der Waals surface area contributed by atoms with Gasteiger partial charge in [0.1, 0.15) is 0 Å². The molecule has 2 rings (SSSR count). The molecule has 0 radical (unpaired) electrons. The number of hydrogen-bond donors (Lipinski definition) is 2. The van der Waals surface area contributed by atoms with Crippen LogP contribution in [0.1, 0.15) is 52.4 Å². The zero-order chi connectivity index (χ0) is 14.9. The second-order valence-corrected chi connectivity index (χ2v) is 6.73. The average molecular weight is 282 g/mol. The first-order valence-corrected chi connectivity index (χ1v) is 7.67. The summed E-state index contributed by atoms with van der Waals surface area (Å²) < 4.78 is 0. The summed E-state index contributed by atoms with van der Waals surface area (Å²) in [5.74, 6) is -0.0301. The van der Waals surface area contributed by atoms with E-state index in [1.165, 1.54) is 0 Å². The fourth-order valence-corrected chi connectivity index (χ4v) is 3.65. The number of aliphatic carboxylic acids is 1. The Balaban J connectivity index is 1.95. The van der Waals surface area contributed by atoms with Crippen molar-refractivity contribution in [3.05, 3.63) is 0 Å². The van der Waals surface area contributed by atoms with E-state index < -0.39 is 5.97 Å². The molecule has 0 aromatic rings. The molecule has 5 heteroatoms. The van der Waals surface area contributed by atoms with Gasteiger partial charge in [0.25, 0.3) is 0 Å². The number of carbonyl (C=O) groups excluding carboxylic acids is 1. The predicted octanol–water partition coefficient (Wildman–Crippen LogP) is 1.60. The Morgan fingerprint density at radius 2 is 1.80 bits per heavy atom. The van der Waals surface area contributed by atoms with E-state index in [4.69, 9.17) is 10.8 Å². The lowest BCUT2D eigenvalue weighted by molar-refractivity contribution is -0.140. The first kappa shape index (κ1) is 15.3.